The van der Waals surface area contributed by atoms with Gasteiger partial charge in [-0.1, -0.05) is 0 Å². The van der Waals surface area contributed by atoms with E-state index in [1.165, 1.54) is 5.56 Å². The molecular formula is C16H17N3OS. The summed E-state index contributed by atoms with van der Waals surface area (Å²) in [6.07, 6.45) is 2.57. The van der Waals surface area contributed by atoms with Gasteiger partial charge in [0.05, 0.1) is 5.56 Å². The number of benzene rings is 1. The van der Waals surface area contributed by atoms with E-state index in [4.69, 9.17) is 5.73 Å². The first kappa shape index (κ1) is 13.7. The van der Waals surface area contributed by atoms with E-state index in [2.05, 4.69) is 21.7 Å². The third-order valence-corrected chi connectivity index (χ3v) is 4.18. The van der Waals surface area contributed by atoms with Crippen molar-refractivity contribution in [2.75, 3.05) is 5.73 Å². The number of nitrogens with one attached hydrogen (secondary N) is 2. The molecule has 0 saturated carbocycles. The molecule has 4 nitrogen and oxygen atoms in total. The SMILES string of the molecule is CC(Cc1ccsc1)NC(=O)c1c[nH]c2ccc(N)cc12. The second kappa shape index (κ2) is 5.61. The van der Waals surface area contributed by atoms with Crippen LogP contribution in [0.1, 0.15) is 22.8 Å². The van der Waals surface area contributed by atoms with Crippen LogP contribution < -0.4 is 11.1 Å². The van der Waals surface area contributed by atoms with Crippen molar-refractivity contribution in [3.63, 3.8) is 0 Å². The first-order chi connectivity index (χ1) is 10.1. The maximum absolute atomic E-state index is 12.4. The summed E-state index contributed by atoms with van der Waals surface area (Å²) in [4.78, 5) is 15.5. The van der Waals surface area contributed by atoms with Crippen LogP contribution in [0.4, 0.5) is 5.69 Å². The molecule has 0 saturated heterocycles. The Morgan fingerprint density at radius 1 is 1.43 bits per heavy atom. The van der Waals surface area contributed by atoms with Gasteiger partial charge in [0.25, 0.3) is 5.91 Å². The number of hydrogen-bond donors (Lipinski definition) is 3. The van der Waals surface area contributed by atoms with Crippen LogP contribution in [-0.4, -0.2) is 16.9 Å². The maximum Gasteiger partial charge on any atom is 0.253 e. The summed E-state index contributed by atoms with van der Waals surface area (Å²) in [5.41, 5.74) is 9.25. The number of rotatable bonds is 4. The van der Waals surface area contributed by atoms with Gasteiger partial charge in [0.1, 0.15) is 0 Å². The fourth-order valence-corrected chi connectivity index (χ4v) is 3.12. The number of thiophene rings is 1. The molecule has 2 aromatic heterocycles. The van der Waals surface area contributed by atoms with E-state index >= 15 is 0 Å². The summed E-state index contributed by atoms with van der Waals surface area (Å²) in [6.45, 7) is 2.01. The molecule has 1 aromatic carbocycles. The molecule has 2 heterocycles. The van der Waals surface area contributed by atoms with Crippen molar-refractivity contribution < 1.29 is 4.79 Å². The van der Waals surface area contributed by atoms with E-state index in [1.807, 2.05) is 30.5 Å². The molecule has 4 N–H and O–H groups in total. The van der Waals surface area contributed by atoms with Crippen LogP contribution in [0.15, 0.2) is 41.2 Å². The van der Waals surface area contributed by atoms with Crippen molar-refractivity contribution in [2.24, 2.45) is 0 Å². The number of H-pyrrole nitrogens is 1. The van der Waals surface area contributed by atoms with E-state index in [0.29, 0.717) is 11.3 Å². The highest BCUT2D eigenvalue weighted by Gasteiger charge is 2.14. The van der Waals surface area contributed by atoms with Crippen LogP contribution in [0.25, 0.3) is 10.9 Å². The summed E-state index contributed by atoms with van der Waals surface area (Å²) in [5.74, 6) is -0.0745. The van der Waals surface area contributed by atoms with Gasteiger partial charge in [0, 0.05) is 28.8 Å². The minimum atomic E-state index is -0.0745. The normalized spacial score (nSPS) is 12.4. The van der Waals surface area contributed by atoms with E-state index in [-0.39, 0.29) is 11.9 Å². The van der Waals surface area contributed by atoms with Crippen molar-refractivity contribution >= 4 is 33.8 Å². The molecule has 0 bridgehead atoms. The molecule has 0 aliphatic carbocycles. The number of nitrogen functional groups attached to an aromatic ring is 1. The van der Waals surface area contributed by atoms with Crippen molar-refractivity contribution in [2.45, 2.75) is 19.4 Å². The molecule has 0 aliphatic rings. The van der Waals surface area contributed by atoms with E-state index in [9.17, 15) is 4.79 Å². The molecular weight excluding hydrogens is 282 g/mol. The van der Waals surface area contributed by atoms with Gasteiger partial charge in [-0.05, 0) is 53.9 Å². The molecule has 5 heteroatoms. The summed E-state index contributed by atoms with van der Waals surface area (Å²) in [7, 11) is 0. The van der Waals surface area contributed by atoms with Gasteiger partial charge in [-0.3, -0.25) is 4.79 Å². The van der Waals surface area contributed by atoms with Gasteiger partial charge in [0.2, 0.25) is 0 Å². The van der Waals surface area contributed by atoms with Gasteiger partial charge < -0.3 is 16.0 Å². The zero-order valence-electron chi connectivity index (χ0n) is 11.7. The average molecular weight is 299 g/mol. The highest BCUT2D eigenvalue weighted by molar-refractivity contribution is 7.07. The fourth-order valence-electron chi connectivity index (χ4n) is 2.44. The van der Waals surface area contributed by atoms with Crippen molar-refractivity contribution in [3.8, 4) is 0 Å². The standard InChI is InChI=1S/C16H17N3OS/c1-10(6-11-4-5-21-9-11)19-16(20)14-8-18-15-3-2-12(17)7-13(14)15/h2-5,7-10,18H,6,17H2,1H3,(H,19,20). The van der Waals surface area contributed by atoms with Crippen molar-refractivity contribution in [3.05, 3.63) is 52.3 Å². The van der Waals surface area contributed by atoms with Crippen LogP contribution in [0.3, 0.4) is 0 Å². The number of anilines is 1. The minimum Gasteiger partial charge on any atom is -0.399 e. The molecule has 0 fully saturated rings. The average Bonchev–Trinajstić information content (AvgIpc) is 3.07. The highest BCUT2D eigenvalue weighted by Crippen LogP contribution is 2.21. The Morgan fingerprint density at radius 2 is 2.29 bits per heavy atom. The number of aromatic nitrogens is 1. The quantitative estimate of drug-likeness (QED) is 0.648. The number of amides is 1. The number of aromatic amines is 1. The Balaban J connectivity index is 1.76. The Labute approximate surface area is 127 Å². The molecule has 108 valence electrons. The molecule has 0 spiro atoms. The maximum atomic E-state index is 12.4. The Bertz CT molecular complexity index is 761. The van der Waals surface area contributed by atoms with Gasteiger partial charge >= 0.3 is 0 Å². The highest BCUT2D eigenvalue weighted by atomic mass is 32.1. The monoisotopic (exact) mass is 299 g/mol. The Kier molecular flexibility index (Phi) is 3.66. The second-order valence-electron chi connectivity index (χ2n) is 5.22. The van der Waals surface area contributed by atoms with Crippen LogP contribution in [0.5, 0.6) is 0 Å². The van der Waals surface area contributed by atoms with Gasteiger partial charge in [-0.2, -0.15) is 11.3 Å². The summed E-state index contributed by atoms with van der Waals surface area (Å²) in [5, 5.41) is 8.05. The van der Waals surface area contributed by atoms with Crippen LogP contribution in [-0.2, 0) is 6.42 Å². The van der Waals surface area contributed by atoms with E-state index in [0.717, 1.165) is 17.3 Å². The molecule has 1 atom stereocenters. The Morgan fingerprint density at radius 3 is 3.05 bits per heavy atom. The molecule has 1 unspecified atom stereocenters. The number of carbonyl (C=O) groups excluding carboxylic acids is 1. The molecule has 21 heavy (non-hydrogen) atoms. The molecule has 0 aliphatic heterocycles. The molecule has 1 amide bonds. The third kappa shape index (κ3) is 2.92. The van der Waals surface area contributed by atoms with Crippen molar-refractivity contribution in [1.29, 1.82) is 0 Å². The van der Waals surface area contributed by atoms with E-state index < -0.39 is 0 Å². The second-order valence-corrected chi connectivity index (χ2v) is 6.00. The van der Waals surface area contributed by atoms with Crippen LogP contribution in [0, 0.1) is 0 Å². The smallest absolute Gasteiger partial charge is 0.253 e. The lowest BCUT2D eigenvalue weighted by atomic mass is 10.1. The van der Waals surface area contributed by atoms with Gasteiger partial charge in [0.15, 0.2) is 0 Å². The third-order valence-electron chi connectivity index (χ3n) is 3.45. The molecule has 0 radical (unpaired) electrons. The number of nitrogens with two attached hydrogens (primary N) is 1. The lowest BCUT2D eigenvalue weighted by Gasteiger charge is -2.12. The zero-order valence-corrected chi connectivity index (χ0v) is 12.5. The summed E-state index contributed by atoms with van der Waals surface area (Å²) >= 11 is 1.67. The lowest BCUT2D eigenvalue weighted by molar-refractivity contribution is 0.0942. The summed E-state index contributed by atoms with van der Waals surface area (Å²) < 4.78 is 0. The molecule has 3 aromatic rings. The zero-order chi connectivity index (χ0) is 14.8. The fraction of sp³-hybridized carbons (Fsp3) is 0.188. The Hall–Kier alpha value is -2.27. The predicted molar refractivity (Wildman–Crippen MR) is 87.7 cm³/mol. The largest absolute Gasteiger partial charge is 0.399 e. The predicted octanol–water partition coefficient (Wildman–Crippen LogP) is 3.17. The lowest BCUT2D eigenvalue weighted by Crippen LogP contribution is -2.33. The minimum absolute atomic E-state index is 0.0745. The van der Waals surface area contributed by atoms with Crippen LogP contribution in [0.2, 0.25) is 0 Å². The number of carbonyl (C=O) groups is 1. The summed E-state index contributed by atoms with van der Waals surface area (Å²) in [6, 6.07) is 7.69. The van der Waals surface area contributed by atoms with Crippen molar-refractivity contribution in [1.82, 2.24) is 10.3 Å². The first-order valence-corrected chi connectivity index (χ1v) is 7.76. The van der Waals surface area contributed by atoms with Gasteiger partial charge in [-0.15, -0.1) is 0 Å². The van der Waals surface area contributed by atoms with E-state index in [1.54, 1.807) is 17.5 Å². The van der Waals surface area contributed by atoms with Crippen LogP contribution >= 0.6 is 11.3 Å². The first-order valence-electron chi connectivity index (χ1n) is 6.82. The van der Waals surface area contributed by atoms with Gasteiger partial charge in [-0.25, -0.2) is 0 Å². The number of hydrogen-bond acceptors (Lipinski definition) is 3. The topological polar surface area (TPSA) is 70.9 Å². The number of fused-ring (bicyclic) bond motifs is 1. The molecule has 3 rings (SSSR count).